The van der Waals surface area contributed by atoms with Crippen LogP contribution >= 0.6 is 11.3 Å². The lowest BCUT2D eigenvalue weighted by molar-refractivity contribution is -0.396. The van der Waals surface area contributed by atoms with Crippen LogP contribution in [0.1, 0.15) is 17.0 Å². The molecule has 0 aliphatic carbocycles. The lowest BCUT2D eigenvalue weighted by atomic mass is 9.79. The molecule has 2 aromatic heterocycles. The smallest absolute Gasteiger partial charge is 0.480 e. The quantitative estimate of drug-likeness (QED) is 0.279. The van der Waals surface area contributed by atoms with Crippen LogP contribution in [0.5, 0.6) is 0 Å². The summed E-state index contributed by atoms with van der Waals surface area (Å²) < 4.78 is 10.7. The fourth-order valence-corrected chi connectivity index (χ4v) is 3.39. The van der Waals surface area contributed by atoms with Crippen molar-refractivity contribution in [2.45, 2.75) is 25.1 Å². The topological polar surface area (TPSA) is 171 Å². The first-order chi connectivity index (χ1) is 14.5. The number of hydrogen-bond acceptors (Lipinski definition) is 9. The van der Waals surface area contributed by atoms with Crippen molar-refractivity contribution < 1.29 is 44.4 Å². The molecule has 1 amide bonds. The molecule has 0 unspecified atom stereocenters. The van der Waals surface area contributed by atoms with Crippen molar-refractivity contribution in [2.75, 3.05) is 13.2 Å². The minimum absolute atomic E-state index is 0. The Morgan fingerprint density at radius 2 is 2.16 bits per heavy atom. The van der Waals surface area contributed by atoms with Crippen LogP contribution < -0.4 is 10.3 Å². The number of hydrogen-bond donors (Lipinski definition) is 3. The van der Waals surface area contributed by atoms with Gasteiger partial charge in [0.1, 0.15) is 0 Å². The summed E-state index contributed by atoms with van der Waals surface area (Å²) in [6.45, 7) is 0.0943. The predicted molar refractivity (Wildman–Crippen MR) is 108 cm³/mol. The Morgan fingerprint density at radius 3 is 2.84 bits per heavy atom. The van der Waals surface area contributed by atoms with Crippen LogP contribution in [-0.2, 0) is 30.4 Å². The molecule has 1 aliphatic rings. The molecule has 1 aliphatic heterocycles. The zero-order valence-electron chi connectivity index (χ0n) is 16.3. The summed E-state index contributed by atoms with van der Waals surface area (Å²) in [5.41, 5.74) is 0.817. The number of thiophene rings is 1. The molecule has 3 rings (SSSR count). The van der Waals surface area contributed by atoms with Crippen LogP contribution in [0.15, 0.2) is 47.1 Å². The van der Waals surface area contributed by atoms with Gasteiger partial charge in [-0.25, -0.2) is 4.98 Å². The molecule has 0 spiro atoms. The summed E-state index contributed by atoms with van der Waals surface area (Å²) in [6, 6.07) is 9.00. The van der Waals surface area contributed by atoms with Crippen molar-refractivity contribution >= 4 is 36.0 Å². The zero-order chi connectivity index (χ0) is 21.3. The number of carboxylic acids is 1. The Balaban J connectivity index is 0.00000341. The van der Waals surface area contributed by atoms with Crippen LogP contribution in [-0.4, -0.2) is 65.6 Å². The second kappa shape index (κ2) is 12.1. The number of aromatic nitrogens is 1. The highest BCUT2D eigenvalue weighted by molar-refractivity contribution is 7.13. The van der Waals surface area contributed by atoms with Crippen molar-refractivity contribution in [3.8, 4) is 0 Å². The highest BCUT2D eigenvalue weighted by atomic mass is 32.1. The number of aromatic amines is 1. The van der Waals surface area contributed by atoms with Gasteiger partial charge in [-0.1, -0.05) is 11.2 Å². The molecule has 2 atom stereocenters. The molecule has 0 radical (unpaired) electrons. The maximum atomic E-state index is 12.8. The number of amides is 1. The standard InChI is InChI=1S/C18H20BN3O7S.H2O/c23-16(24)8-13-10-27-11-15(19(26)29-13)21-18(25)17(14-5-3-7-30-14)22-28-9-12-4-1-2-6-20-12;/h1-7,13,15,26H,8-11H2,(H,21,25)(H,23,24);1H2/b22-17-;/t13-,15-;/m0./s1. The molecule has 1 fully saturated rings. The molecule has 5 N–H and O–H groups in total. The van der Waals surface area contributed by atoms with Gasteiger partial charge in [0.25, 0.3) is 5.91 Å². The van der Waals surface area contributed by atoms with E-state index >= 15 is 0 Å². The monoisotopic (exact) mass is 451 g/mol. The van der Waals surface area contributed by atoms with Crippen LogP contribution in [0.3, 0.4) is 0 Å². The molecule has 13 heteroatoms. The second-order valence-corrected chi connectivity index (χ2v) is 7.39. The Hall–Kier alpha value is -2.84. The molecule has 1 saturated heterocycles. The number of carboxylic acid groups (broad SMARTS) is 1. The molecule has 166 valence electrons. The largest absolute Gasteiger partial charge is 0.870 e. The Kier molecular flexibility index (Phi) is 9.56. The number of ether oxygens (including phenoxy) is 1. The molecule has 2 aromatic rings. The average Bonchev–Trinajstić information content (AvgIpc) is 3.19. The SMILES string of the molecule is O=C(O)C[C@H]1COC[C@H](NC(=O)/C(=N\OCc2cccc[nH+]2)c2cccs2)B(O)O1.[OH-]. The summed E-state index contributed by atoms with van der Waals surface area (Å²) in [5, 5.41) is 27.5. The van der Waals surface area contributed by atoms with E-state index in [1.54, 1.807) is 23.7 Å². The van der Waals surface area contributed by atoms with Crippen molar-refractivity contribution in [1.82, 2.24) is 5.32 Å². The minimum Gasteiger partial charge on any atom is -0.870 e. The average molecular weight is 451 g/mol. The molecule has 0 bridgehead atoms. The Bertz CT molecular complexity index is 868. The first-order valence-electron chi connectivity index (χ1n) is 9.16. The van der Waals surface area contributed by atoms with E-state index in [1.807, 2.05) is 18.2 Å². The van der Waals surface area contributed by atoms with Crippen LogP contribution in [0, 0.1) is 0 Å². The number of nitrogens with zero attached hydrogens (tertiary/aromatic N) is 1. The van der Waals surface area contributed by atoms with E-state index in [1.165, 1.54) is 11.3 Å². The van der Waals surface area contributed by atoms with Crippen molar-refractivity contribution in [2.24, 2.45) is 5.16 Å². The Labute approximate surface area is 182 Å². The van der Waals surface area contributed by atoms with Crippen LogP contribution in [0.4, 0.5) is 0 Å². The normalized spacial score (nSPS) is 19.1. The summed E-state index contributed by atoms with van der Waals surface area (Å²) in [7, 11) is -1.43. The zero-order valence-corrected chi connectivity index (χ0v) is 17.2. The third kappa shape index (κ3) is 7.42. The van der Waals surface area contributed by atoms with Gasteiger partial charge in [0.05, 0.1) is 36.6 Å². The van der Waals surface area contributed by atoms with E-state index in [0.717, 1.165) is 5.69 Å². The number of carbonyl (C=O) groups excluding carboxylic acids is 1. The van der Waals surface area contributed by atoms with Crippen molar-refractivity contribution in [3.63, 3.8) is 0 Å². The third-order valence-electron chi connectivity index (χ3n) is 4.12. The number of oxime groups is 1. The van der Waals surface area contributed by atoms with Crippen LogP contribution in [0.2, 0.25) is 0 Å². The van der Waals surface area contributed by atoms with Crippen LogP contribution in [0.25, 0.3) is 0 Å². The first kappa shape index (κ1) is 24.4. The van der Waals surface area contributed by atoms with Gasteiger partial charge < -0.3 is 35.2 Å². The van der Waals surface area contributed by atoms with E-state index < -0.39 is 31.0 Å². The molecule has 31 heavy (non-hydrogen) atoms. The van der Waals surface area contributed by atoms with Gasteiger partial charge in [-0.2, -0.15) is 0 Å². The lowest BCUT2D eigenvalue weighted by Gasteiger charge is -2.19. The van der Waals surface area contributed by atoms with Crippen molar-refractivity contribution in [1.29, 1.82) is 0 Å². The van der Waals surface area contributed by atoms with E-state index in [0.29, 0.717) is 4.88 Å². The van der Waals surface area contributed by atoms with E-state index in [2.05, 4.69) is 15.5 Å². The molecule has 0 aromatic carbocycles. The number of aliphatic carboxylic acids is 1. The number of nitrogens with one attached hydrogen (secondary N) is 2. The van der Waals surface area contributed by atoms with Gasteiger partial charge in [-0.15, -0.1) is 11.3 Å². The highest BCUT2D eigenvalue weighted by Gasteiger charge is 2.36. The predicted octanol–water partition coefficient (Wildman–Crippen LogP) is -0.299. The maximum absolute atomic E-state index is 12.8. The van der Waals surface area contributed by atoms with Gasteiger partial charge in [-0.05, 0) is 17.5 Å². The summed E-state index contributed by atoms with van der Waals surface area (Å²) >= 11 is 1.31. The fourth-order valence-electron chi connectivity index (χ4n) is 2.69. The summed E-state index contributed by atoms with van der Waals surface area (Å²) in [5.74, 6) is -2.55. The summed E-state index contributed by atoms with van der Waals surface area (Å²) in [6.07, 6.45) is 0.625. The highest BCUT2D eigenvalue weighted by Crippen LogP contribution is 2.13. The fraction of sp³-hybridized carbons (Fsp3) is 0.333. The molecule has 11 nitrogen and oxygen atoms in total. The minimum atomic E-state index is -1.43. The Morgan fingerprint density at radius 1 is 1.32 bits per heavy atom. The number of pyridine rings is 1. The third-order valence-corrected chi connectivity index (χ3v) is 4.99. The second-order valence-electron chi connectivity index (χ2n) is 6.44. The molecule has 0 saturated carbocycles. The van der Waals surface area contributed by atoms with E-state index in [4.69, 9.17) is 19.3 Å². The van der Waals surface area contributed by atoms with Gasteiger partial charge in [0.2, 0.25) is 12.3 Å². The van der Waals surface area contributed by atoms with Gasteiger partial charge >= 0.3 is 13.1 Å². The lowest BCUT2D eigenvalue weighted by Crippen LogP contribution is -2.52. The van der Waals surface area contributed by atoms with Crippen molar-refractivity contribution in [3.05, 3.63) is 52.5 Å². The van der Waals surface area contributed by atoms with Gasteiger partial charge in [-0.3, -0.25) is 9.59 Å². The van der Waals surface area contributed by atoms with E-state index in [-0.39, 0.29) is 37.4 Å². The maximum Gasteiger partial charge on any atom is 0.480 e. The number of H-pyrrole nitrogens is 1. The number of rotatable bonds is 8. The van der Waals surface area contributed by atoms with E-state index in [9.17, 15) is 14.6 Å². The molecular formula is C18H22BN3O8S. The molecule has 3 heterocycles. The summed E-state index contributed by atoms with van der Waals surface area (Å²) in [4.78, 5) is 32.6. The van der Waals surface area contributed by atoms with Gasteiger partial charge in [0, 0.05) is 12.1 Å². The van der Waals surface area contributed by atoms with Gasteiger partial charge in [0.15, 0.2) is 11.9 Å². The molecular weight excluding hydrogens is 429 g/mol. The number of carbonyl (C=O) groups is 2. The first-order valence-corrected chi connectivity index (χ1v) is 10.0.